The van der Waals surface area contributed by atoms with Crippen LogP contribution in [0.3, 0.4) is 0 Å². The molecule has 0 aliphatic rings. The molecule has 0 unspecified atom stereocenters. The Morgan fingerprint density at radius 1 is 1.09 bits per heavy atom. The fourth-order valence-corrected chi connectivity index (χ4v) is 4.34. The van der Waals surface area contributed by atoms with E-state index in [0.717, 1.165) is 11.8 Å². The first kappa shape index (κ1) is 26.0. The van der Waals surface area contributed by atoms with Crippen molar-refractivity contribution in [1.82, 2.24) is 14.5 Å². The van der Waals surface area contributed by atoms with E-state index in [1.165, 1.54) is 11.7 Å². The summed E-state index contributed by atoms with van der Waals surface area (Å²) in [5.41, 5.74) is 1.22. The summed E-state index contributed by atoms with van der Waals surface area (Å²) >= 11 is 1.10. The molecular weight excluding hydrogens is 468 g/mol. The van der Waals surface area contributed by atoms with Crippen molar-refractivity contribution < 1.29 is 19.1 Å². The van der Waals surface area contributed by atoms with Crippen molar-refractivity contribution in [2.75, 3.05) is 31.3 Å². The van der Waals surface area contributed by atoms with Crippen LogP contribution >= 0.6 is 11.8 Å². The minimum Gasteiger partial charge on any atom is -0.469 e. The van der Waals surface area contributed by atoms with E-state index >= 15 is 0 Å². The van der Waals surface area contributed by atoms with Gasteiger partial charge in [0, 0.05) is 30.9 Å². The van der Waals surface area contributed by atoms with Crippen LogP contribution in [-0.2, 0) is 20.9 Å². The number of amides is 2. The summed E-state index contributed by atoms with van der Waals surface area (Å²) in [6.07, 6.45) is 0.00351. The van der Waals surface area contributed by atoms with Crippen LogP contribution in [0.25, 0.3) is 10.9 Å². The van der Waals surface area contributed by atoms with Crippen LogP contribution in [0.5, 0.6) is 0 Å². The molecule has 9 nitrogen and oxygen atoms in total. The van der Waals surface area contributed by atoms with E-state index in [-0.39, 0.29) is 36.1 Å². The second-order valence-corrected chi connectivity index (χ2v) is 8.53. The van der Waals surface area contributed by atoms with Gasteiger partial charge in [-0.3, -0.25) is 23.7 Å². The lowest BCUT2D eigenvalue weighted by Crippen LogP contribution is -2.30. The van der Waals surface area contributed by atoms with E-state index in [9.17, 15) is 19.2 Å². The summed E-state index contributed by atoms with van der Waals surface area (Å²) in [5.74, 6) is -0.880. The van der Waals surface area contributed by atoms with Crippen molar-refractivity contribution in [1.29, 1.82) is 0 Å². The smallest absolute Gasteiger partial charge is 0.307 e. The molecule has 10 heteroatoms. The van der Waals surface area contributed by atoms with Gasteiger partial charge < -0.3 is 15.0 Å². The maximum absolute atomic E-state index is 13.0. The molecular formula is C25H28N4O5S. The van der Waals surface area contributed by atoms with E-state index in [4.69, 9.17) is 0 Å². The van der Waals surface area contributed by atoms with E-state index < -0.39 is 5.97 Å². The number of nitrogens with zero attached hydrogens (tertiary/aromatic N) is 3. The number of aromatic nitrogens is 2. The largest absolute Gasteiger partial charge is 0.469 e. The summed E-state index contributed by atoms with van der Waals surface area (Å²) in [4.78, 5) is 56.2. The van der Waals surface area contributed by atoms with Gasteiger partial charge in [0.15, 0.2) is 5.16 Å². The first-order chi connectivity index (χ1) is 16.9. The molecule has 1 N–H and O–H groups in total. The number of methoxy groups -OCH3 is 1. The zero-order valence-corrected chi connectivity index (χ0v) is 20.8. The van der Waals surface area contributed by atoms with Crippen LogP contribution in [0.15, 0.2) is 58.5 Å². The summed E-state index contributed by atoms with van der Waals surface area (Å²) < 4.78 is 6.08. The molecule has 3 aromatic rings. The fraction of sp³-hybridized carbons (Fsp3) is 0.320. The topological polar surface area (TPSA) is 111 Å². The quantitative estimate of drug-likeness (QED) is 0.261. The first-order valence-corrected chi connectivity index (χ1v) is 12.2. The number of hydrogen-bond acceptors (Lipinski definition) is 7. The number of thioether (sulfide) groups is 1. The molecule has 0 aliphatic heterocycles. The summed E-state index contributed by atoms with van der Waals surface area (Å²) in [6, 6.07) is 13.7. The lowest BCUT2D eigenvalue weighted by atomic mass is 10.1. The molecule has 2 aromatic carbocycles. The van der Waals surface area contributed by atoms with Crippen LogP contribution in [0.4, 0.5) is 5.69 Å². The lowest BCUT2D eigenvalue weighted by Gasteiger charge is -2.19. The summed E-state index contributed by atoms with van der Waals surface area (Å²) in [6.45, 7) is 5.10. The molecule has 0 saturated carbocycles. The van der Waals surface area contributed by atoms with Crippen molar-refractivity contribution in [3.05, 3.63) is 64.4 Å². The Labute approximate surface area is 207 Å². The molecule has 0 bridgehead atoms. The fourth-order valence-electron chi connectivity index (χ4n) is 3.51. The van der Waals surface area contributed by atoms with E-state index in [0.29, 0.717) is 40.4 Å². The third-order valence-corrected chi connectivity index (χ3v) is 6.35. The zero-order chi connectivity index (χ0) is 25.4. The molecule has 0 fully saturated rings. The number of fused-ring (bicyclic) bond motifs is 1. The van der Waals surface area contributed by atoms with Gasteiger partial charge in [0.05, 0.1) is 30.2 Å². The second kappa shape index (κ2) is 12.2. The Balaban J connectivity index is 1.76. The van der Waals surface area contributed by atoms with Crippen LogP contribution < -0.4 is 10.9 Å². The number of rotatable bonds is 10. The van der Waals surface area contributed by atoms with Crippen molar-refractivity contribution in [3.8, 4) is 0 Å². The Morgan fingerprint density at radius 3 is 2.54 bits per heavy atom. The van der Waals surface area contributed by atoms with E-state index in [2.05, 4.69) is 15.0 Å². The number of hydrogen-bond donors (Lipinski definition) is 1. The summed E-state index contributed by atoms with van der Waals surface area (Å²) in [5, 5.41) is 3.56. The number of nitrogens with one attached hydrogen (secondary N) is 1. The molecule has 184 valence electrons. The highest BCUT2D eigenvalue weighted by Crippen LogP contribution is 2.19. The van der Waals surface area contributed by atoms with Crippen molar-refractivity contribution >= 4 is 46.1 Å². The highest BCUT2D eigenvalue weighted by atomic mass is 32.2. The van der Waals surface area contributed by atoms with Crippen LogP contribution in [0.2, 0.25) is 0 Å². The standard InChI is InChI=1S/C25H28N4O5S/c1-4-28(5-2)23(32)17-9-8-10-18(15-17)26-21(30)16-35-25-27-20-12-7-6-11-19(20)24(33)29(25)14-13-22(31)34-3/h6-12,15H,4-5,13-14,16H2,1-3H3,(H,26,30). The highest BCUT2D eigenvalue weighted by Gasteiger charge is 2.16. The highest BCUT2D eigenvalue weighted by molar-refractivity contribution is 7.99. The van der Waals surface area contributed by atoms with Gasteiger partial charge in [-0.15, -0.1) is 0 Å². The third-order valence-electron chi connectivity index (χ3n) is 5.37. The molecule has 0 atom stereocenters. The van der Waals surface area contributed by atoms with Crippen molar-refractivity contribution in [3.63, 3.8) is 0 Å². The normalized spacial score (nSPS) is 10.7. The minimum absolute atomic E-state index is 0.00351. The predicted molar refractivity (Wildman–Crippen MR) is 136 cm³/mol. The molecule has 0 spiro atoms. The Morgan fingerprint density at radius 2 is 1.83 bits per heavy atom. The van der Waals surface area contributed by atoms with Gasteiger partial charge in [0.2, 0.25) is 5.91 Å². The van der Waals surface area contributed by atoms with Gasteiger partial charge in [-0.05, 0) is 44.2 Å². The molecule has 0 radical (unpaired) electrons. The number of carbonyl (C=O) groups is 3. The van der Waals surface area contributed by atoms with Gasteiger partial charge in [0.1, 0.15) is 0 Å². The Bertz CT molecular complexity index is 1290. The molecule has 3 rings (SSSR count). The van der Waals surface area contributed by atoms with Crippen LogP contribution in [0, 0.1) is 0 Å². The Kier molecular flexibility index (Phi) is 9.02. The summed E-state index contributed by atoms with van der Waals surface area (Å²) in [7, 11) is 1.29. The second-order valence-electron chi connectivity index (χ2n) is 7.59. The monoisotopic (exact) mass is 496 g/mol. The predicted octanol–water partition coefficient (Wildman–Crippen LogP) is 3.17. The number of para-hydroxylation sites is 1. The van der Waals surface area contributed by atoms with Crippen molar-refractivity contribution in [2.24, 2.45) is 0 Å². The average molecular weight is 497 g/mol. The van der Waals surface area contributed by atoms with E-state index in [1.807, 2.05) is 13.8 Å². The number of ether oxygens (including phenoxy) is 1. The minimum atomic E-state index is -0.446. The maximum atomic E-state index is 13.0. The molecule has 1 heterocycles. The molecule has 0 aliphatic carbocycles. The first-order valence-electron chi connectivity index (χ1n) is 11.3. The third kappa shape index (κ3) is 6.48. The number of carbonyl (C=O) groups excluding carboxylic acids is 3. The number of esters is 1. The zero-order valence-electron chi connectivity index (χ0n) is 19.9. The molecule has 2 amide bonds. The van der Waals surface area contributed by atoms with Crippen molar-refractivity contribution in [2.45, 2.75) is 32.0 Å². The van der Waals surface area contributed by atoms with Gasteiger partial charge in [-0.25, -0.2) is 4.98 Å². The SMILES string of the molecule is CCN(CC)C(=O)c1cccc(NC(=O)CSc2nc3ccccc3c(=O)n2CCC(=O)OC)c1. The number of anilines is 1. The van der Waals surface area contributed by atoms with E-state index in [1.54, 1.807) is 53.4 Å². The Hall–Kier alpha value is -3.66. The maximum Gasteiger partial charge on any atom is 0.307 e. The molecule has 1 aromatic heterocycles. The number of benzene rings is 2. The van der Waals surface area contributed by atoms with Gasteiger partial charge in [0.25, 0.3) is 11.5 Å². The lowest BCUT2D eigenvalue weighted by molar-refractivity contribution is -0.140. The van der Waals surface area contributed by atoms with Crippen LogP contribution in [-0.4, -0.2) is 58.2 Å². The van der Waals surface area contributed by atoms with Gasteiger partial charge in [-0.2, -0.15) is 0 Å². The molecule has 0 saturated heterocycles. The van der Waals surface area contributed by atoms with Crippen LogP contribution in [0.1, 0.15) is 30.6 Å². The average Bonchev–Trinajstić information content (AvgIpc) is 2.87. The van der Waals surface area contributed by atoms with Gasteiger partial charge in [-0.1, -0.05) is 30.0 Å². The molecule has 35 heavy (non-hydrogen) atoms. The van der Waals surface area contributed by atoms with Gasteiger partial charge >= 0.3 is 5.97 Å².